The first-order chi connectivity index (χ1) is 14.7. The van der Waals surface area contributed by atoms with E-state index in [2.05, 4.69) is 26.0 Å². The molecular weight excluding hydrogens is 368 g/mol. The lowest BCUT2D eigenvalue weighted by Gasteiger charge is -2.29. The Morgan fingerprint density at radius 1 is 0.833 bits per heavy atom. The summed E-state index contributed by atoms with van der Waals surface area (Å²) in [6, 6.07) is 16.0. The predicted octanol–water partition coefficient (Wildman–Crippen LogP) is 8.10. The van der Waals surface area contributed by atoms with Crippen molar-refractivity contribution in [2.45, 2.75) is 90.4 Å². The molecule has 0 spiro atoms. The van der Waals surface area contributed by atoms with Crippen molar-refractivity contribution in [2.24, 2.45) is 5.92 Å². The fourth-order valence-corrected chi connectivity index (χ4v) is 4.63. The molecule has 0 aliphatic heterocycles. The second-order valence-corrected chi connectivity index (χ2v) is 8.97. The van der Waals surface area contributed by atoms with Gasteiger partial charge in [-0.05, 0) is 85.8 Å². The van der Waals surface area contributed by atoms with Gasteiger partial charge >= 0.3 is 5.97 Å². The Morgan fingerprint density at radius 2 is 1.50 bits per heavy atom. The Bertz CT molecular complexity index is 752. The average Bonchev–Trinajstić information content (AvgIpc) is 2.79. The van der Waals surface area contributed by atoms with Gasteiger partial charge in [-0.3, -0.25) is 0 Å². The van der Waals surface area contributed by atoms with E-state index in [1.807, 2.05) is 36.4 Å². The normalized spacial score (nSPS) is 18.9. The van der Waals surface area contributed by atoms with Crippen LogP contribution in [0, 0.1) is 5.92 Å². The quantitative estimate of drug-likeness (QED) is 0.226. The van der Waals surface area contributed by atoms with E-state index in [0.29, 0.717) is 17.2 Å². The summed E-state index contributed by atoms with van der Waals surface area (Å²) in [6.45, 7) is 4.47. The predicted molar refractivity (Wildman–Crippen MR) is 125 cm³/mol. The number of hydrogen-bond donors (Lipinski definition) is 0. The molecule has 2 nitrogen and oxygen atoms in total. The Hall–Kier alpha value is -2.09. The number of unbranched alkanes of at least 4 members (excludes halogenated alkanes) is 3. The van der Waals surface area contributed by atoms with Crippen LogP contribution in [-0.4, -0.2) is 5.97 Å². The molecule has 0 unspecified atom stereocenters. The molecule has 1 aliphatic carbocycles. The molecule has 3 rings (SSSR count). The molecule has 1 saturated carbocycles. The van der Waals surface area contributed by atoms with Gasteiger partial charge in [-0.25, -0.2) is 4.79 Å². The zero-order valence-corrected chi connectivity index (χ0v) is 18.9. The Labute approximate surface area is 183 Å². The summed E-state index contributed by atoms with van der Waals surface area (Å²) in [5.74, 6) is 1.94. The maximum absolute atomic E-state index is 12.4. The number of carbonyl (C=O) groups excluding carboxylic acids is 1. The molecule has 0 heterocycles. The molecule has 0 saturated heterocycles. The number of hydrogen-bond acceptors (Lipinski definition) is 2. The second kappa shape index (κ2) is 11.9. The minimum absolute atomic E-state index is 0.280. The zero-order chi connectivity index (χ0) is 21.2. The maximum Gasteiger partial charge on any atom is 0.343 e. The lowest BCUT2D eigenvalue weighted by Crippen LogP contribution is -2.13. The van der Waals surface area contributed by atoms with E-state index >= 15 is 0 Å². The van der Waals surface area contributed by atoms with Crippen molar-refractivity contribution in [1.82, 2.24) is 0 Å². The van der Waals surface area contributed by atoms with Crippen molar-refractivity contribution in [1.29, 1.82) is 0 Å². The fraction of sp³-hybridized carbons (Fsp3) is 0.536. The third kappa shape index (κ3) is 6.72. The van der Waals surface area contributed by atoms with Crippen LogP contribution in [0.2, 0.25) is 0 Å². The Morgan fingerprint density at radius 3 is 2.13 bits per heavy atom. The average molecular weight is 407 g/mol. The minimum Gasteiger partial charge on any atom is -0.423 e. The number of ether oxygens (including phenoxy) is 1. The maximum atomic E-state index is 12.4. The molecule has 0 aromatic heterocycles. The first-order valence-electron chi connectivity index (χ1n) is 12.1. The summed E-state index contributed by atoms with van der Waals surface area (Å²) in [7, 11) is 0. The summed E-state index contributed by atoms with van der Waals surface area (Å²) >= 11 is 0. The number of rotatable bonds is 10. The van der Waals surface area contributed by atoms with E-state index in [9.17, 15) is 4.79 Å². The van der Waals surface area contributed by atoms with Crippen LogP contribution in [0.15, 0.2) is 48.5 Å². The van der Waals surface area contributed by atoms with Gasteiger partial charge < -0.3 is 4.74 Å². The molecule has 0 amide bonds. The minimum atomic E-state index is -0.280. The molecule has 2 aromatic rings. The molecule has 2 heteroatoms. The lowest BCUT2D eigenvalue weighted by atomic mass is 9.77. The van der Waals surface area contributed by atoms with Crippen LogP contribution in [0.25, 0.3) is 0 Å². The van der Waals surface area contributed by atoms with Gasteiger partial charge in [0.1, 0.15) is 5.75 Å². The Kier molecular flexibility index (Phi) is 8.99. The highest BCUT2D eigenvalue weighted by Gasteiger charge is 2.22. The Balaban J connectivity index is 1.48. The van der Waals surface area contributed by atoms with Crippen LogP contribution in [-0.2, 0) is 6.42 Å². The molecule has 1 fully saturated rings. The third-order valence-electron chi connectivity index (χ3n) is 6.63. The molecule has 0 bridgehead atoms. The molecule has 162 valence electrons. The van der Waals surface area contributed by atoms with Gasteiger partial charge in [0, 0.05) is 0 Å². The highest BCUT2D eigenvalue weighted by molar-refractivity contribution is 5.91. The fourth-order valence-electron chi connectivity index (χ4n) is 4.63. The van der Waals surface area contributed by atoms with Crippen LogP contribution < -0.4 is 4.74 Å². The summed E-state index contributed by atoms with van der Waals surface area (Å²) in [4.78, 5) is 12.4. The summed E-state index contributed by atoms with van der Waals surface area (Å²) in [5, 5.41) is 0. The van der Waals surface area contributed by atoms with Crippen LogP contribution in [0.5, 0.6) is 5.75 Å². The van der Waals surface area contributed by atoms with Gasteiger partial charge in [0.15, 0.2) is 0 Å². The highest BCUT2D eigenvalue weighted by atomic mass is 16.5. The van der Waals surface area contributed by atoms with Gasteiger partial charge in [-0.2, -0.15) is 0 Å². The van der Waals surface area contributed by atoms with Gasteiger partial charge in [-0.15, -0.1) is 0 Å². The standard InChI is InChI=1S/C28H38O2/c1-3-5-7-9-23-10-14-24(15-11-23)25-18-20-27(21-19-25)30-28(29)26-16-12-22(13-17-26)8-6-4-2/h12-13,16-21,23-24H,3-11,14-15H2,1-2H3. The monoisotopic (exact) mass is 406 g/mol. The number of benzene rings is 2. The number of esters is 1. The lowest BCUT2D eigenvalue weighted by molar-refractivity contribution is 0.0734. The van der Waals surface area contributed by atoms with E-state index in [1.165, 1.54) is 75.3 Å². The summed E-state index contributed by atoms with van der Waals surface area (Å²) < 4.78 is 5.60. The van der Waals surface area contributed by atoms with Gasteiger partial charge in [-0.1, -0.05) is 70.2 Å². The van der Waals surface area contributed by atoms with Crippen molar-refractivity contribution >= 4 is 5.97 Å². The zero-order valence-electron chi connectivity index (χ0n) is 18.9. The van der Waals surface area contributed by atoms with E-state index in [1.54, 1.807) is 0 Å². The van der Waals surface area contributed by atoms with Crippen molar-refractivity contribution < 1.29 is 9.53 Å². The van der Waals surface area contributed by atoms with Gasteiger partial charge in [0.05, 0.1) is 5.56 Å². The summed E-state index contributed by atoms with van der Waals surface area (Å²) in [5.41, 5.74) is 3.28. The van der Waals surface area contributed by atoms with Crippen LogP contribution in [0.4, 0.5) is 0 Å². The van der Waals surface area contributed by atoms with E-state index in [0.717, 1.165) is 12.3 Å². The van der Waals surface area contributed by atoms with Crippen molar-refractivity contribution in [3.05, 3.63) is 65.2 Å². The van der Waals surface area contributed by atoms with Gasteiger partial charge in [0.25, 0.3) is 0 Å². The number of aryl methyl sites for hydroxylation is 1. The molecule has 0 radical (unpaired) electrons. The van der Waals surface area contributed by atoms with Crippen molar-refractivity contribution in [2.75, 3.05) is 0 Å². The van der Waals surface area contributed by atoms with E-state index < -0.39 is 0 Å². The SMILES string of the molecule is CCCCCC1CCC(c2ccc(OC(=O)c3ccc(CCCC)cc3)cc2)CC1. The molecular formula is C28H38O2. The van der Waals surface area contributed by atoms with Crippen LogP contribution in [0.1, 0.15) is 105 Å². The topological polar surface area (TPSA) is 26.3 Å². The third-order valence-corrected chi connectivity index (χ3v) is 6.63. The second-order valence-electron chi connectivity index (χ2n) is 8.97. The smallest absolute Gasteiger partial charge is 0.343 e. The molecule has 2 aromatic carbocycles. The van der Waals surface area contributed by atoms with E-state index in [-0.39, 0.29) is 5.97 Å². The van der Waals surface area contributed by atoms with E-state index in [4.69, 9.17) is 4.74 Å². The number of carbonyl (C=O) groups is 1. The molecule has 0 N–H and O–H groups in total. The first kappa shape index (κ1) is 22.6. The van der Waals surface area contributed by atoms with Crippen molar-refractivity contribution in [3.63, 3.8) is 0 Å². The molecule has 30 heavy (non-hydrogen) atoms. The van der Waals surface area contributed by atoms with Gasteiger partial charge in [0.2, 0.25) is 0 Å². The summed E-state index contributed by atoms with van der Waals surface area (Å²) in [6.07, 6.45) is 14.2. The van der Waals surface area contributed by atoms with Crippen molar-refractivity contribution in [3.8, 4) is 5.75 Å². The highest BCUT2D eigenvalue weighted by Crippen LogP contribution is 2.38. The molecule has 1 aliphatic rings. The van der Waals surface area contributed by atoms with Crippen LogP contribution in [0.3, 0.4) is 0 Å². The van der Waals surface area contributed by atoms with Crippen LogP contribution >= 0.6 is 0 Å². The first-order valence-corrected chi connectivity index (χ1v) is 12.1. The molecule has 0 atom stereocenters. The largest absolute Gasteiger partial charge is 0.423 e.